The molecule has 3 rings (SSSR count). The number of amides is 1. The topological polar surface area (TPSA) is 42.0 Å². The second-order valence-electron chi connectivity index (χ2n) is 4.46. The Hall–Kier alpha value is -1.05. The molecule has 0 aliphatic carbocycles. The molecule has 0 aliphatic heterocycles. The van der Waals surface area contributed by atoms with Crippen molar-refractivity contribution in [1.82, 2.24) is 4.98 Å². The molecular weight excluding hydrogens is 391 g/mol. The molecule has 0 saturated carbocycles. The van der Waals surface area contributed by atoms with Crippen LogP contribution in [-0.4, -0.2) is 17.1 Å². The van der Waals surface area contributed by atoms with Crippen molar-refractivity contribution < 1.29 is 4.79 Å². The monoisotopic (exact) mass is 400 g/mol. The molecule has 2 aromatic heterocycles. The van der Waals surface area contributed by atoms with Crippen LogP contribution in [0.15, 0.2) is 40.6 Å². The molecule has 0 atom stereocenters. The summed E-state index contributed by atoms with van der Waals surface area (Å²) in [6.45, 7) is 0. The Bertz CT molecular complexity index is 860. The maximum absolute atomic E-state index is 12.3. The average molecular weight is 401 g/mol. The maximum atomic E-state index is 12.3. The van der Waals surface area contributed by atoms with Gasteiger partial charge in [0.05, 0.1) is 10.0 Å². The molecule has 3 aromatic rings. The third-order valence-corrected chi connectivity index (χ3v) is 5.96. The highest BCUT2D eigenvalue weighted by Gasteiger charge is 2.14. The lowest BCUT2D eigenvalue weighted by molar-refractivity contribution is 0.102. The minimum atomic E-state index is -0.184. The molecule has 0 fully saturated rings. The summed E-state index contributed by atoms with van der Waals surface area (Å²) in [6, 6.07) is 9.23. The molecular formula is C15H10Cl2N2OS3. The number of thioether (sulfide) groups is 1. The van der Waals surface area contributed by atoms with E-state index in [4.69, 9.17) is 23.2 Å². The number of anilines is 1. The number of hydrogen-bond acceptors (Lipinski definition) is 5. The summed E-state index contributed by atoms with van der Waals surface area (Å²) < 4.78 is 1.20. The van der Waals surface area contributed by atoms with Crippen molar-refractivity contribution in [2.75, 3.05) is 11.6 Å². The Morgan fingerprint density at radius 1 is 1.30 bits per heavy atom. The first-order valence-electron chi connectivity index (χ1n) is 6.43. The van der Waals surface area contributed by atoms with Crippen LogP contribution < -0.4 is 5.32 Å². The number of carbonyl (C=O) groups excluding carboxylic acids is 1. The maximum Gasteiger partial charge on any atom is 0.257 e. The van der Waals surface area contributed by atoms with Gasteiger partial charge in [-0.05, 0) is 30.5 Å². The van der Waals surface area contributed by atoms with Crippen molar-refractivity contribution >= 4 is 68.7 Å². The molecule has 0 radical (unpaired) electrons. The number of rotatable bonds is 4. The van der Waals surface area contributed by atoms with Gasteiger partial charge in [0, 0.05) is 21.4 Å². The largest absolute Gasteiger partial charge is 0.298 e. The minimum Gasteiger partial charge on any atom is -0.298 e. The SMILES string of the molecule is CSc1cccc(C(=O)Nc2nc(-c3cc(Cl)sc3Cl)cs2)c1. The smallest absolute Gasteiger partial charge is 0.257 e. The van der Waals surface area contributed by atoms with Crippen LogP contribution in [0.25, 0.3) is 11.3 Å². The Labute approximate surface area is 155 Å². The Balaban J connectivity index is 1.78. The normalized spacial score (nSPS) is 10.7. The summed E-state index contributed by atoms with van der Waals surface area (Å²) in [7, 11) is 0. The fourth-order valence-corrected chi connectivity index (χ4v) is 4.55. The van der Waals surface area contributed by atoms with E-state index < -0.39 is 0 Å². The molecule has 1 amide bonds. The first kappa shape index (κ1) is 16.8. The lowest BCUT2D eigenvalue weighted by Gasteiger charge is -2.03. The first-order valence-corrected chi connectivity index (χ1v) is 10.1. The van der Waals surface area contributed by atoms with E-state index >= 15 is 0 Å². The molecule has 0 aliphatic rings. The van der Waals surface area contributed by atoms with Crippen LogP contribution in [0, 0.1) is 0 Å². The van der Waals surface area contributed by atoms with Gasteiger partial charge in [0.15, 0.2) is 5.13 Å². The fourth-order valence-electron chi connectivity index (χ4n) is 1.90. The Kier molecular flexibility index (Phi) is 5.28. The van der Waals surface area contributed by atoms with E-state index in [9.17, 15) is 4.79 Å². The number of hydrogen-bond donors (Lipinski definition) is 1. The Morgan fingerprint density at radius 2 is 2.13 bits per heavy atom. The van der Waals surface area contributed by atoms with Gasteiger partial charge in [0.1, 0.15) is 4.34 Å². The number of aromatic nitrogens is 1. The van der Waals surface area contributed by atoms with Gasteiger partial charge in [-0.3, -0.25) is 10.1 Å². The van der Waals surface area contributed by atoms with Crippen LogP contribution >= 0.6 is 57.6 Å². The average Bonchev–Trinajstić information content (AvgIpc) is 3.13. The molecule has 8 heteroatoms. The van der Waals surface area contributed by atoms with Crippen molar-refractivity contribution in [2.45, 2.75) is 4.90 Å². The van der Waals surface area contributed by atoms with Crippen molar-refractivity contribution in [2.24, 2.45) is 0 Å². The summed E-state index contributed by atoms with van der Waals surface area (Å²) in [5.41, 5.74) is 2.09. The molecule has 0 spiro atoms. The van der Waals surface area contributed by atoms with Crippen LogP contribution in [0.1, 0.15) is 10.4 Å². The van der Waals surface area contributed by atoms with E-state index in [1.165, 1.54) is 22.7 Å². The number of halogens is 2. The van der Waals surface area contributed by atoms with Gasteiger partial charge < -0.3 is 0 Å². The highest BCUT2D eigenvalue weighted by molar-refractivity contribution is 7.98. The van der Waals surface area contributed by atoms with Crippen LogP contribution in [-0.2, 0) is 0 Å². The third kappa shape index (κ3) is 3.89. The van der Waals surface area contributed by atoms with E-state index in [1.807, 2.05) is 29.8 Å². The number of thiophene rings is 1. The van der Waals surface area contributed by atoms with E-state index in [1.54, 1.807) is 23.9 Å². The summed E-state index contributed by atoms with van der Waals surface area (Å²) in [6.07, 6.45) is 1.97. The van der Waals surface area contributed by atoms with Crippen LogP contribution in [0.3, 0.4) is 0 Å². The number of carbonyl (C=O) groups is 1. The highest BCUT2D eigenvalue weighted by atomic mass is 35.5. The lowest BCUT2D eigenvalue weighted by atomic mass is 10.2. The van der Waals surface area contributed by atoms with E-state index in [0.717, 1.165) is 10.5 Å². The second-order valence-corrected chi connectivity index (χ2v) is 8.49. The van der Waals surface area contributed by atoms with Crippen LogP contribution in [0.5, 0.6) is 0 Å². The highest BCUT2D eigenvalue weighted by Crippen LogP contribution is 2.39. The predicted octanol–water partition coefficient (Wildman–Crippen LogP) is 6.15. The van der Waals surface area contributed by atoms with Gasteiger partial charge in [0.25, 0.3) is 5.91 Å². The standard InChI is InChI=1S/C15H10Cl2N2OS3/c1-21-9-4-2-3-8(5-9)14(20)19-15-18-11(7-22-15)10-6-12(16)23-13(10)17/h2-7H,1H3,(H,18,19,20). The molecule has 0 unspecified atom stereocenters. The zero-order valence-corrected chi connectivity index (χ0v) is 15.8. The van der Waals surface area contributed by atoms with Crippen molar-refractivity contribution in [3.8, 4) is 11.3 Å². The zero-order chi connectivity index (χ0) is 16.4. The van der Waals surface area contributed by atoms with Gasteiger partial charge in [0.2, 0.25) is 0 Å². The van der Waals surface area contributed by atoms with E-state index in [0.29, 0.717) is 25.1 Å². The fraction of sp³-hybridized carbons (Fsp3) is 0.0667. The second kappa shape index (κ2) is 7.23. The Morgan fingerprint density at radius 3 is 2.83 bits per heavy atom. The van der Waals surface area contributed by atoms with E-state index in [2.05, 4.69) is 10.3 Å². The summed E-state index contributed by atoms with van der Waals surface area (Å²) in [5.74, 6) is -0.184. The molecule has 0 bridgehead atoms. The summed E-state index contributed by atoms with van der Waals surface area (Å²) in [5, 5.41) is 5.18. The van der Waals surface area contributed by atoms with Crippen molar-refractivity contribution in [3.05, 3.63) is 49.9 Å². The molecule has 1 N–H and O–H groups in total. The van der Waals surface area contributed by atoms with Gasteiger partial charge in [-0.25, -0.2) is 4.98 Å². The van der Waals surface area contributed by atoms with Crippen molar-refractivity contribution in [3.63, 3.8) is 0 Å². The molecule has 118 valence electrons. The third-order valence-electron chi connectivity index (χ3n) is 2.99. The number of nitrogens with one attached hydrogen (secondary N) is 1. The van der Waals surface area contributed by atoms with Crippen LogP contribution in [0.4, 0.5) is 5.13 Å². The summed E-state index contributed by atoms with van der Waals surface area (Å²) in [4.78, 5) is 17.7. The minimum absolute atomic E-state index is 0.184. The lowest BCUT2D eigenvalue weighted by Crippen LogP contribution is -2.11. The zero-order valence-electron chi connectivity index (χ0n) is 11.8. The molecule has 2 heterocycles. The molecule has 3 nitrogen and oxygen atoms in total. The van der Waals surface area contributed by atoms with Crippen molar-refractivity contribution in [1.29, 1.82) is 0 Å². The number of nitrogens with zero attached hydrogens (tertiary/aromatic N) is 1. The first-order chi connectivity index (χ1) is 11.1. The quantitative estimate of drug-likeness (QED) is 0.533. The van der Waals surface area contributed by atoms with Crippen LogP contribution in [0.2, 0.25) is 8.67 Å². The molecule has 23 heavy (non-hydrogen) atoms. The molecule has 0 saturated heterocycles. The van der Waals surface area contributed by atoms with Gasteiger partial charge in [-0.1, -0.05) is 29.3 Å². The van der Waals surface area contributed by atoms with Gasteiger partial charge >= 0.3 is 0 Å². The predicted molar refractivity (Wildman–Crippen MR) is 102 cm³/mol. The number of thiazole rings is 1. The molecule has 1 aromatic carbocycles. The van der Waals surface area contributed by atoms with E-state index in [-0.39, 0.29) is 5.91 Å². The number of benzene rings is 1. The summed E-state index contributed by atoms with van der Waals surface area (Å²) >= 11 is 16.3. The van der Waals surface area contributed by atoms with Gasteiger partial charge in [-0.15, -0.1) is 34.4 Å². The van der Waals surface area contributed by atoms with Gasteiger partial charge in [-0.2, -0.15) is 0 Å².